The summed E-state index contributed by atoms with van der Waals surface area (Å²) in [5.41, 5.74) is 7.12. The molecule has 0 aliphatic carbocycles. The van der Waals surface area contributed by atoms with Crippen LogP contribution in [0.2, 0.25) is 0 Å². The number of rotatable bonds is 5. The van der Waals surface area contributed by atoms with Gasteiger partial charge in [-0.05, 0) is 24.3 Å². The molecule has 116 valence electrons. The molecule has 0 saturated carbocycles. The van der Waals surface area contributed by atoms with Crippen LogP contribution >= 0.6 is 0 Å². The molecule has 0 amide bonds. The van der Waals surface area contributed by atoms with Gasteiger partial charge in [-0.1, -0.05) is 37.3 Å². The van der Waals surface area contributed by atoms with Crippen molar-refractivity contribution in [1.82, 2.24) is 4.90 Å². The van der Waals surface area contributed by atoms with Crippen LogP contribution in [0.5, 0.6) is 0 Å². The van der Waals surface area contributed by atoms with Crippen molar-refractivity contribution in [3.63, 3.8) is 0 Å². The number of guanidine groups is 1. The maximum Gasteiger partial charge on any atom is 0.191 e. The van der Waals surface area contributed by atoms with Crippen LogP contribution in [-0.4, -0.2) is 40.5 Å². The molecule has 1 fully saturated rings. The summed E-state index contributed by atoms with van der Waals surface area (Å²) in [5.74, 6) is 2.56. The summed E-state index contributed by atoms with van der Waals surface area (Å²) in [7, 11) is -0.879. The molecular weight excluding hydrogens is 282 g/mol. The maximum atomic E-state index is 12.0. The highest BCUT2D eigenvalue weighted by Gasteiger charge is 2.16. The number of benzene rings is 1. The van der Waals surface area contributed by atoms with Gasteiger partial charge < -0.3 is 10.6 Å². The highest BCUT2D eigenvalue weighted by Crippen LogP contribution is 2.15. The van der Waals surface area contributed by atoms with Crippen LogP contribution in [0.1, 0.15) is 25.3 Å². The molecule has 4 nitrogen and oxygen atoms in total. The topological polar surface area (TPSA) is 58.7 Å². The largest absolute Gasteiger partial charge is 0.370 e. The van der Waals surface area contributed by atoms with E-state index in [1.165, 1.54) is 12.8 Å². The third-order valence-corrected chi connectivity index (χ3v) is 5.16. The monoisotopic (exact) mass is 307 g/mol. The van der Waals surface area contributed by atoms with Crippen molar-refractivity contribution >= 4 is 16.8 Å². The lowest BCUT2D eigenvalue weighted by Gasteiger charge is -2.31. The Kier molecular flexibility index (Phi) is 6.23. The first-order valence-corrected chi connectivity index (χ1v) is 9.07. The van der Waals surface area contributed by atoms with Crippen molar-refractivity contribution in [2.75, 3.05) is 25.4 Å². The zero-order chi connectivity index (χ0) is 15.1. The first-order valence-electron chi connectivity index (χ1n) is 7.59. The molecule has 1 unspecified atom stereocenters. The molecule has 5 heteroatoms. The Morgan fingerprint density at radius 3 is 2.67 bits per heavy atom. The predicted molar refractivity (Wildman–Crippen MR) is 89.6 cm³/mol. The third kappa shape index (κ3) is 5.50. The van der Waals surface area contributed by atoms with E-state index in [0.717, 1.165) is 24.6 Å². The second-order valence-corrected chi connectivity index (χ2v) is 7.26. The van der Waals surface area contributed by atoms with Gasteiger partial charge in [0.15, 0.2) is 5.96 Å². The lowest BCUT2D eigenvalue weighted by atomic mass is 10.00. The highest BCUT2D eigenvalue weighted by molar-refractivity contribution is 7.84. The van der Waals surface area contributed by atoms with E-state index in [2.05, 4.69) is 16.8 Å². The van der Waals surface area contributed by atoms with E-state index in [9.17, 15) is 4.21 Å². The van der Waals surface area contributed by atoms with Crippen LogP contribution in [-0.2, 0) is 16.6 Å². The van der Waals surface area contributed by atoms with Crippen LogP contribution < -0.4 is 5.73 Å². The van der Waals surface area contributed by atoms with Crippen LogP contribution in [0.4, 0.5) is 0 Å². The van der Waals surface area contributed by atoms with Gasteiger partial charge >= 0.3 is 0 Å². The summed E-state index contributed by atoms with van der Waals surface area (Å²) in [4.78, 5) is 6.52. The van der Waals surface area contributed by atoms with Gasteiger partial charge in [0.25, 0.3) is 0 Å². The van der Waals surface area contributed by atoms with Gasteiger partial charge in [0.2, 0.25) is 0 Å². The Morgan fingerprint density at radius 1 is 1.33 bits per heavy atom. The van der Waals surface area contributed by atoms with Crippen LogP contribution in [0.3, 0.4) is 0 Å². The molecule has 0 bridgehead atoms. The second-order valence-electron chi connectivity index (χ2n) is 5.68. The molecule has 1 aliphatic heterocycles. The van der Waals surface area contributed by atoms with E-state index in [4.69, 9.17) is 5.73 Å². The van der Waals surface area contributed by atoms with E-state index in [-0.39, 0.29) is 0 Å². The number of hydrogen-bond acceptors (Lipinski definition) is 2. The molecule has 1 saturated heterocycles. The zero-order valence-electron chi connectivity index (χ0n) is 12.7. The van der Waals surface area contributed by atoms with E-state index >= 15 is 0 Å². The molecule has 1 atom stereocenters. The molecule has 0 spiro atoms. The Hall–Kier alpha value is -1.36. The molecular formula is C16H25N3OS. The quantitative estimate of drug-likeness (QED) is 0.668. The number of aliphatic imine (C=N–C) groups is 1. The Labute approximate surface area is 129 Å². The van der Waals surface area contributed by atoms with Gasteiger partial charge in [0.05, 0.1) is 6.54 Å². The number of piperidine rings is 1. The van der Waals surface area contributed by atoms with Gasteiger partial charge in [-0.15, -0.1) is 0 Å². The van der Waals surface area contributed by atoms with Crippen molar-refractivity contribution < 1.29 is 4.21 Å². The molecule has 1 aliphatic rings. The average molecular weight is 307 g/mol. The lowest BCUT2D eigenvalue weighted by Crippen LogP contribution is -2.42. The van der Waals surface area contributed by atoms with Gasteiger partial charge in [-0.2, -0.15) is 0 Å². The highest BCUT2D eigenvalue weighted by atomic mass is 32.2. The van der Waals surface area contributed by atoms with Crippen molar-refractivity contribution in [1.29, 1.82) is 0 Å². The molecule has 2 rings (SSSR count). The standard InChI is InChI=1S/C16H25N3OS/c1-14-7-10-19(11-8-14)16(17)18-9-12-21(20)13-15-5-3-2-4-6-15/h2-6,14H,7-13H2,1H3,(H2,17,18). The number of hydrogen-bond donors (Lipinski definition) is 1. The minimum Gasteiger partial charge on any atom is -0.370 e. The van der Waals surface area contributed by atoms with Gasteiger partial charge in [0, 0.05) is 35.4 Å². The zero-order valence-corrected chi connectivity index (χ0v) is 13.5. The number of likely N-dealkylation sites (tertiary alicyclic amines) is 1. The number of nitrogens with two attached hydrogens (primary N) is 1. The van der Waals surface area contributed by atoms with Crippen LogP contribution in [0.25, 0.3) is 0 Å². The summed E-state index contributed by atoms with van der Waals surface area (Å²) in [6.45, 7) is 4.79. The minimum atomic E-state index is -0.879. The summed E-state index contributed by atoms with van der Waals surface area (Å²) in [6.07, 6.45) is 2.35. The fourth-order valence-electron chi connectivity index (χ4n) is 2.43. The molecule has 21 heavy (non-hydrogen) atoms. The lowest BCUT2D eigenvalue weighted by molar-refractivity contribution is 0.278. The summed E-state index contributed by atoms with van der Waals surface area (Å²) >= 11 is 0. The third-order valence-electron chi connectivity index (χ3n) is 3.87. The Morgan fingerprint density at radius 2 is 2.00 bits per heavy atom. The van der Waals surface area contributed by atoms with Crippen molar-refractivity contribution in [3.8, 4) is 0 Å². The van der Waals surface area contributed by atoms with Crippen molar-refractivity contribution in [2.24, 2.45) is 16.6 Å². The van der Waals surface area contributed by atoms with Gasteiger partial charge in [-0.25, -0.2) is 0 Å². The summed E-state index contributed by atoms with van der Waals surface area (Å²) in [5, 5.41) is 0. The Balaban J connectivity index is 1.72. The van der Waals surface area contributed by atoms with Gasteiger partial charge in [-0.3, -0.25) is 9.20 Å². The van der Waals surface area contributed by atoms with E-state index in [1.54, 1.807) is 0 Å². The smallest absolute Gasteiger partial charge is 0.191 e. The molecule has 1 aromatic carbocycles. The first kappa shape index (κ1) is 16.0. The van der Waals surface area contributed by atoms with Gasteiger partial charge in [0.1, 0.15) is 0 Å². The molecule has 0 radical (unpaired) electrons. The number of nitrogens with zero attached hydrogens (tertiary/aromatic N) is 2. The van der Waals surface area contributed by atoms with Crippen molar-refractivity contribution in [3.05, 3.63) is 35.9 Å². The first-order chi connectivity index (χ1) is 10.1. The summed E-state index contributed by atoms with van der Waals surface area (Å²) in [6, 6.07) is 9.92. The average Bonchev–Trinajstić information content (AvgIpc) is 2.49. The molecule has 1 aromatic rings. The van der Waals surface area contributed by atoms with Crippen LogP contribution in [0.15, 0.2) is 35.3 Å². The van der Waals surface area contributed by atoms with Crippen LogP contribution in [0, 0.1) is 5.92 Å². The normalized spacial score (nSPS) is 18.7. The van der Waals surface area contributed by atoms with E-state index in [1.807, 2.05) is 30.3 Å². The molecule has 0 aromatic heterocycles. The SMILES string of the molecule is CC1CCN(C(N)=NCCS(=O)Cc2ccccc2)CC1. The maximum absolute atomic E-state index is 12.0. The van der Waals surface area contributed by atoms with E-state index in [0.29, 0.717) is 24.0 Å². The van der Waals surface area contributed by atoms with E-state index < -0.39 is 10.8 Å². The molecule has 1 heterocycles. The van der Waals surface area contributed by atoms with Crippen molar-refractivity contribution in [2.45, 2.75) is 25.5 Å². The predicted octanol–water partition coefficient (Wildman–Crippen LogP) is 1.98. The Bertz CT molecular complexity index is 482. The fraction of sp³-hybridized carbons (Fsp3) is 0.562. The second kappa shape index (κ2) is 8.17. The fourth-order valence-corrected chi connectivity index (χ4v) is 3.44. The molecule has 2 N–H and O–H groups in total. The minimum absolute atomic E-state index is 0.539. The summed E-state index contributed by atoms with van der Waals surface area (Å²) < 4.78 is 12.0.